The maximum Gasteiger partial charge on any atom is 0.234 e. The van der Waals surface area contributed by atoms with Crippen LogP contribution in [0, 0.1) is 11.6 Å². The molecular formula is C14H20F2N2O. The van der Waals surface area contributed by atoms with Gasteiger partial charge in [0.25, 0.3) is 0 Å². The molecule has 2 unspecified atom stereocenters. The second kappa shape index (κ2) is 7.19. The van der Waals surface area contributed by atoms with Gasteiger partial charge in [-0.25, -0.2) is 8.78 Å². The summed E-state index contributed by atoms with van der Waals surface area (Å²) < 4.78 is 26.3. The normalized spacial score (nSPS) is 13.9. The second-order valence-corrected chi connectivity index (χ2v) is 4.65. The highest BCUT2D eigenvalue weighted by molar-refractivity contribution is 5.78. The summed E-state index contributed by atoms with van der Waals surface area (Å²) in [7, 11) is 0. The van der Waals surface area contributed by atoms with Crippen LogP contribution in [0.1, 0.15) is 38.8 Å². The largest absolute Gasteiger partial charge is 0.348 e. The lowest BCUT2D eigenvalue weighted by Gasteiger charge is -2.16. The zero-order valence-electron chi connectivity index (χ0n) is 11.5. The Kier molecular flexibility index (Phi) is 5.89. The van der Waals surface area contributed by atoms with Crippen LogP contribution in [-0.2, 0) is 4.79 Å². The summed E-state index contributed by atoms with van der Waals surface area (Å²) in [6.45, 7) is 5.85. The molecule has 0 heterocycles. The number of rotatable bonds is 6. The molecule has 0 saturated carbocycles. The molecule has 3 nitrogen and oxygen atoms in total. The van der Waals surface area contributed by atoms with Crippen molar-refractivity contribution in [3.05, 3.63) is 35.4 Å². The van der Waals surface area contributed by atoms with Crippen LogP contribution in [0.4, 0.5) is 8.78 Å². The maximum atomic E-state index is 13.5. The van der Waals surface area contributed by atoms with Gasteiger partial charge in [-0.1, -0.05) is 13.0 Å². The van der Waals surface area contributed by atoms with Crippen molar-refractivity contribution in [2.24, 2.45) is 0 Å². The van der Waals surface area contributed by atoms with E-state index in [9.17, 15) is 13.6 Å². The third-order valence-corrected chi connectivity index (χ3v) is 3.03. The average molecular weight is 270 g/mol. The fraction of sp³-hybridized carbons (Fsp3) is 0.500. The number of halogens is 2. The van der Waals surface area contributed by atoms with E-state index in [0.29, 0.717) is 0 Å². The number of carbonyl (C=O) groups is 1. The molecule has 19 heavy (non-hydrogen) atoms. The molecule has 1 rings (SSSR count). The highest BCUT2D eigenvalue weighted by Gasteiger charge is 2.14. The van der Waals surface area contributed by atoms with Gasteiger partial charge >= 0.3 is 0 Å². The smallest absolute Gasteiger partial charge is 0.234 e. The van der Waals surface area contributed by atoms with Crippen LogP contribution in [0.2, 0.25) is 0 Å². The Bertz CT molecular complexity index is 437. The third kappa shape index (κ3) is 4.95. The zero-order chi connectivity index (χ0) is 14.4. The van der Waals surface area contributed by atoms with Gasteiger partial charge < -0.3 is 10.6 Å². The second-order valence-electron chi connectivity index (χ2n) is 4.65. The first-order valence-electron chi connectivity index (χ1n) is 6.41. The summed E-state index contributed by atoms with van der Waals surface area (Å²) in [4.78, 5) is 11.7. The van der Waals surface area contributed by atoms with Gasteiger partial charge in [0, 0.05) is 17.7 Å². The van der Waals surface area contributed by atoms with E-state index in [-0.39, 0.29) is 24.1 Å². The summed E-state index contributed by atoms with van der Waals surface area (Å²) >= 11 is 0. The monoisotopic (exact) mass is 270 g/mol. The van der Waals surface area contributed by atoms with Crippen molar-refractivity contribution in [2.45, 2.75) is 39.3 Å². The van der Waals surface area contributed by atoms with Crippen LogP contribution >= 0.6 is 0 Å². The molecular weight excluding hydrogens is 250 g/mol. The molecule has 106 valence electrons. The van der Waals surface area contributed by atoms with Crippen molar-refractivity contribution in [2.75, 3.05) is 6.54 Å². The highest BCUT2D eigenvalue weighted by atomic mass is 19.1. The Morgan fingerprint density at radius 3 is 2.58 bits per heavy atom. The quantitative estimate of drug-likeness (QED) is 0.834. The SMILES string of the molecule is CCC(C)NCC(=O)NC(C)c1ccc(F)cc1F. The van der Waals surface area contributed by atoms with Gasteiger partial charge in [0.15, 0.2) is 0 Å². The van der Waals surface area contributed by atoms with Gasteiger partial charge in [-0.2, -0.15) is 0 Å². The van der Waals surface area contributed by atoms with E-state index in [4.69, 9.17) is 0 Å². The van der Waals surface area contributed by atoms with Crippen LogP contribution in [0.25, 0.3) is 0 Å². The first-order chi connectivity index (χ1) is 8.93. The summed E-state index contributed by atoms with van der Waals surface area (Å²) in [6.07, 6.45) is 0.926. The van der Waals surface area contributed by atoms with Gasteiger partial charge in [-0.3, -0.25) is 4.79 Å². The topological polar surface area (TPSA) is 41.1 Å². The number of amides is 1. The molecule has 0 aromatic heterocycles. The molecule has 0 spiro atoms. The lowest BCUT2D eigenvalue weighted by atomic mass is 10.1. The average Bonchev–Trinajstić information content (AvgIpc) is 2.35. The fourth-order valence-electron chi connectivity index (χ4n) is 1.63. The van der Waals surface area contributed by atoms with Gasteiger partial charge in [0.2, 0.25) is 5.91 Å². The molecule has 0 aliphatic rings. The molecule has 2 atom stereocenters. The zero-order valence-corrected chi connectivity index (χ0v) is 11.5. The number of hydrogen-bond donors (Lipinski definition) is 2. The molecule has 0 aliphatic heterocycles. The van der Waals surface area contributed by atoms with Crippen LogP contribution in [0.5, 0.6) is 0 Å². The molecule has 0 radical (unpaired) electrons. The number of hydrogen-bond acceptors (Lipinski definition) is 2. The van der Waals surface area contributed by atoms with Gasteiger partial charge in [0.1, 0.15) is 11.6 Å². The Hall–Kier alpha value is -1.49. The van der Waals surface area contributed by atoms with Crippen molar-refractivity contribution >= 4 is 5.91 Å². The van der Waals surface area contributed by atoms with E-state index in [2.05, 4.69) is 10.6 Å². The molecule has 1 aromatic rings. The van der Waals surface area contributed by atoms with Crippen LogP contribution in [0.3, 0.4) is 0 Å². The molecule has 2 N–H and O–H groups in total. The molecule has 1 amide bonds. The van der Waals surface area contributed by atoms with E-state index >= 15 is 0 Å². The van der Waals surface area contributed by atoms with Gasteiger partial charge in [0.05, 0.1) is 12.6 Å². The lowest BCUT2D eigenvalue weighted by molar-refractivity contribution is -0.121. The van der Waals surface area contributed by atoms with Gasteiger partial charge in [-0.15, -0.1) is 0 Å². The molecule has 5 heteroatoms. The highest BCUT2D eigenvalue weighted by Crippen LogP contribution is 2.17. The predicted molar refractivity (Wildman–Crippen MR) is 70.7 cm³/mol. The van der Waals surface area contributed by atoms with E-state index in [1.54, 1.807) is 6.92 Å². The Morgan fingerprint density at radius 2 is 2.00 bits per heavy atom. The van der Waals surface area contributed by atoms with E-state index in [0.717, 1.165) is 12.5 Å². The van der Waals surface area contributed by atoms with Crippen LogP contribution in [-0.4, -0.2) is 18.5 Å². The minimum absolute atomic E-state index is 0.183. The Morgan fingerprint density at radius 1 is 1.32 bits per heavy atom. The first-order valence-corrected chi connectivity index (χ1v) is 6.41. The summed E-state index contributed by atoms with van der Waals surface area (Å²) in [5.74, 6) is -1.49. The molecule has 1 aromatic carbocycles. The van der Waals surface area contributed by atoms with Crippen molar-refractivity contribution < 1.29 is 13.6 Å². The number of carbonyl (C=O) groups excluding carboxylic acids is 1. The molecule has 0 saturated heterocycles. The molecule has 0 bridgehead atoms. The predicted octanol–water partition coefficient (Wildman–Crippen LogP) is 2.53. The minimum atomic E-state index is -0.650. The Balaban J connectivity index is 2.54. The molecule has 0 fully saturated rings. The lowest BCUT2D eigenvalue weighted by Crippen LogP contribution is -2.38. The Labute approximate surface area is 112 Å². The van der Waals surface area contributed by atoms with E-state index in [1.807, 2.05) is 13.8 Å². The minimum Gasteiger partial charge on any atom is -0.348 e. The summed E-state index contributed by atoms with van der Waals surface area (Å²) in [6, 6.07) is 3.10. The van der Waals surface area contributed by atoms with E-state index < -0.39 is 17.7 Å². The summed E-state index contributed by atoms with van der Waals surface area (Å²) in [5.41, 5.74) is 0.276. The first kappa shape index (κ1) is 15.6. The standard InChI is InChI=1S/C14H20F2N2O/c1-4-9(2)17-8-14(19)18-10(3)12-6-5-11(15)7-13(12)16/h5-7,9-10,17H,4,8H2,1-3H3,(H,18,19). The van der Waals surface area contributed by atoms with E-state index in [1.165, 1.54) is 12.1 Å². The van der Waals surface area contributed by atoms with Crippen molar-refractivity contribution in [1.82, 2.24) is 10.6 Å². The van der Waals surface area contributed by atoms with Crippen molar-refractivity contribution in [3.8, 4) is 0 Å². The van der Waals surface area contributed by atoms with Crippen molar-refractivity contribution in [1.29, 1.82) is 0 Å². The van der Waals surface area contributed by atoms with Crippen LogP contribution < -0.4 is 10.6 Å². The number of nitrogens with one attached hydrogen (secondary N) is 2. The fourth-order valence-corrected chi connectivity index (χ4v) is 1.63. The van der Waals surface area contributed by atoms with Gasteiger partial charge in [-0.05, 0) is 26.3 Å². The van der Waals surface area contributed by atoms with Crippen LogP contribution in [0.15, 0.2) is 18.2 Å². The molecule has 0 aliphatic carbocycles. The summed E-state index contributed by atoms with van der Waals surface area (Å²) in [5, 5.41) is 5.72. The van der Waals surface area contributed by atoms with Crippen molar-refractivity contribution in [3.63, 3.8) is 0 Å². The number of benzene rings is 1. The maximum absolute atomic E-state index is 13.5. The third-order valence-electron chi connectivity index (χ3n) is 3.03.